The third-order valence-electron chi connectivity index (χ3n) is 18.6. The molecule has 0 bridgehead atoms. The summed E-state index contributed by atoms with van der Waals surface area (Å²) in [6.45, 7) is 9.58. The summed E-state index contributed by atoms with van der Waals surface area (Å²) in [7, 11) is -9.91. The van der Waals surface area contributed by atoms with Crippen LogP contribution in [-0.2, 0) is 65.4 Å². The highest BCUT2D eigenvalue weighted by atomic mass is 31.2. The van der Waals surface area contributed by atoms with Gasteiger partial charge in [-0.15, -0.1) is 0 Å². The number of aliphatic hydroxyl groups is 1. The number of ether oxygens (including phenoxy) is 4. The van der Waals surface area contributed by atoms with Gasteiger partial charge in [-0.1, -0.05) is 356 Å². The largest absolute Gasteiger partial charge is 0.472 e. The van der Waals surface area contributed by atoms with Crippen molar-refractivity contribution in [1.29, 1.82) is 0 Å². The molecule has 97 heavy (non-hydrogen) atoms. The van der Waals surface area contributed by atoms with E-state index < -0.39 is 97.5 Å². The van der Waals surface area contributed by atoms with Gasteiger partial charge in [0.1, 0.15) is 19.3 Å². The molecular weight excluding hydrogens is 1270 g/mol. The van der Waals surface area contributed by atoms with Gasteiger partial charge in [-0.2, -0.15) is 0 Å². The van der Waals surface area contributed by atoms with Gasteiger partial charge in [0.25, 0.3) is 0 Å². The number of aliphatic hydroxyl groups excluding tert-OH is 1. The van der Waals surface area contributed by atoms with E-state index in [0.717, 1.165) is 102 Å². The Morgan fingerprint density at radius 1 is 0.299 bits per heavy atom. The van der Waals surface area contributed by atoms with E-state index in [9.17, 15) is 43.2 Å². The van der Waals surface area contributed by atoms with Crippen molar-refractivity contribution in [1.82, 2.24) is 0 Å². The average molecular weight is 1420 g/mol. The molecule has 0 aromatic carbocycles. The quantitative estimate of drug-likeness (QED) is 0.0222. The fourth-order valence-corrected chi connectivity index (χ4v) is 13.6. The van der Waals surface area contributed by atoms with E-state index in [1.54, 1.807) is 0 Å². The maximum atomic E-state index is 13.1. The first-order valence-corrected chi connectivity index (χ1v) is 43.5. The van der Waals surface area contributed by atoms with E-state index in [1.165, 1.54) is 218 Å². The van der Waals surface area contributed by atoms with Crippen LogP contribution in [0.3, 0.4) is 0 Å². The number of hydrogen-bond acceptors (Lipinski definition) is 15. The Morgan fingerprint density at radius 2 is 0.526 bits per heavy atom. The number of phosphoric ester groups is 2. The van der Waals surface area contributed by atoms with Crippen LogP contribution in [0.4, 0.5) is 0 Å². The monoisotopic (exact) mass is 1420 g/mol. The van der Waals surface area contributed by atoms with Crippen molar-refractivity contribution < 1.29 is 80.2 Å². The minimum Gasteiger partial charge on any atom is -0.462 e. The molecule has 0 aliphatic rings. The van der Waals surface area contributed by atoms with Crippen LogP contribution in [0.2, 0.25) is 0 Å². The number of esters is 4. The van der Waals surface area contributed by atoms with Gasteiger partial charge >= 0.3 is 39.5 Å². The summed E-state index contributed by atoms with van der Waals surface area (Å²) in [5.74, 6) is -0.552. The van der Waals surface area contributed by atoms with Crippen molar-refractivity contribution in [3.05, 3.63) is 0 Å². The zero-order valence-corrected chi connectivity index (χ0v) is 65.2. The van der Waals surface area contributed by atoms with E-state index in [2.05, 4.69) is 41.5 Å². The molecular formula is C78H152O17P2. The zero-order valence-electron chi connectivity index (χ0n) is 63.4. The smallest absolute Gasteiger partial charge is 0.462 e. The van der Waals surface area contributed by atoms with Crippen LogP contribution in [-0.4, -0.2) is 96.7 Å². The molecule has 0 aliphatic carbocycles. The van der Waals surface area contributed by atoms with Crippen LogP contribution in [0.5, 0.6) is 0 Å². The highest BCUT2D eigenvalue weighted by Gasteiger charge is 2.30. The minimum absolute atomic E-state index is 0.104. The van der Waals surface area contributed by atoms with E-state index in [4.69, 9.17) is 37.0 Å². The standard InChI is InChI=1S/C78H152O17P2/c1-7-10-12-14-16-18-19-20-21-24-28-31-34-37-43-49-55-61-76(81)89-67-73(94-77(82)62-56-50-44-38-35-32-29-26-23-22-25-27-30-33-36-41-47-53-59-71(6)9-3)68-92-96(84,85)90-64-72(79)65-91-97(86,87)93-69-74(66-88-75(80)60-54-48-42-17-15-13-11-8-2)95-78(83)63-57-51-45-39-40-46-52-58-70(4)5/h70-74,79H,7-69H2,1-6H3,(H,84,85)(H,86,87)/t71?,72-,73-,74-/m1/s1. The highest BCUT2D eigenvalue weighted by Crippen LogP contribution is 2.45. The van der Waals surface area contributed by atoms with Crippen LogP contribution in [0.15, 0.2) is 0 Å². The number of unbranched alkanes of at least 4 members (excludes halogenated alkanes) is 46. The second kappa shape index (κ2) is 69.8. The third-order valence-corrected chi connectivity index (χ3v) is 20.5. The summed E-state index contributed by atoms with van der Waals surface area (Å²) in [5, 5.41) is 10.6. The van der Waals surface area contributed by atoms with Crippen LogP contribution in [0, 0.1) is 11.8 Å². The third kappa shape index (κ3) is 70.9. The average Bonchev–Trinajstić information content (AvgIpc) is 1.21. The van der Waals surface area contributed by atoms with Gasteiger partial charge in [0.05, 0.1) is 26.4 Å². The molecule has 0 aromatic heterocycles. The van der Waals surface area contributed by atoms with Gasteiger partial charge in [0.2, 0.25) is 0 Å². The van der Waals surface area contributed by atoms with E-state index >= 15 is 0 Å². The van der Waals surface area contributed by atoms with Crippen molar-refractivity contribution in [2.45, 2.75) is 426 Å². The number of hydrogen-bond donors (Lipinski definition) is 3. The molecule has 19 heteroatoms. The van der Waals surface area contributed by atoms with E-state index in [0.29, 0.717) is 31.6 Å². The molecule has 576 valence electrons. The number of phosphoric acid groups is 2. The van der Waals surface area contributed by atoms with Crippen molar-refractivity contribution >= 4 is 39.5 Å². The van der Waals surface area contributed by atoms with Gasteiger partial charge in [0.15, 0.2) is 12.2 Å². The topological polar surface area (TPSA) is 237 Å². The first kappa shape index (κ1) is 95.1. The number of carbonyl (C=O) groups is 4. The van der Waals surface area contributed by atoms with E-state index in [1.807, 2.05) is 0 Å². The highest BCUT2D eigenvalue weighted by molar-refractivity contribution is 7.47. The molecule has 0 saturated heterocycles. The second-order valence-electron chi connectivity index (χ2n) is 28.8. The summed E-state index contributed by atoms with van der Waals surface area (Å²) in [6, 6.07) is 0. The molecule has 0 amide bonds. The lowest BCUT2D eigenvalue weighted by molar-refractivity contribution is -0.161. The fourth-order valence-electron chi connectivity index (χ4n) is 12.0. The first-order valence-electron chi connectivity index (χ1n) is 40.5. The summed E-state index contributed by atoms with van der Waals surface area (Å²) < 4.78 is 68.5. The van der Waals surface area contributed by atoms with Gasteiger partial charge < -0.3 is 33.8 Å². The van der Waals surface area contributed by atoms with Gasteiger partial charge in [-0.25, -0.2) is 9.13 Å². The van der Waals surface area contributed by atoms with Crippen LogP contribution in [0.1, 0.15) is 408 Å². The molecule has 0 radical (unpaired) electrons. The Hall–Kier alpha value is -1.94. The maximum absolute atomic E-state index is 13.1. The Morgan fingerprint density at radius 3 is 0.784 bits per heavy atom. The molecule has 0 rings (SSSR count). The molecule has 0 aromatic rings. The summed E-state index contributed by atoms with van der Waals surface area (Å²) in [5.41, 5.74) is 0. The summed E-state index contributed by atoms with van der Waals surface area (Å²) in [6.07, 6.45) is 58.6. The van der Waals surface area contributed by atoms with Crippen LogP contribution < -0.4 is 0 Å². The summed E-state index contributed by atoms with van der Waals surface area (Å²) in [4.78, 5) is 72.7. The van der Waals surface area contributed by atoms with Crippen LogP contribution >= 0.6 is 15.6 Å². The second-order valence-corrected chi connectivity index (χ2v) is 31.7. The Bertz CT molecular complexity index is 1870. The molecule has 3 unspecified atom stereocenters. The Kier molecular flexibility index (Phi) is 68.4. The predicted molar refractivity (Wildman–Crippen MR) is 395 cm³/mol. The lowest BCUT2D eigenvalue weighted by atomic mass is 9.99. The Labute approximate surface area is 594 Å². The number of rotatable bonds is 77. The molecule has 0 heterocycles. The lowest BCUT2D eigenvalue weighted by Gasteiger charge is -2.21. The van der Waals surface area contributed by atoms with Gasteiger partial charge in [-0.05, 0) is 37.5 Å². The lowest BCUT2D eigenvalue weighted by Crippen LogP contribution is -2.30. The molecule has 0 fully saturated rings. The zero-order chi connectivity index (χ0) is 71.4. The molecule has 3 N–H and O–H groups in total. The minimum atomic E-state index is -4.96. The van der Waals surface area contributed by atoms with Gasteiger partial charge in [0, 0.05) is 25.7 Å². The normalized spacial score (nSPS) is 14.2. The van der Waals surface area contributed by atoms with Crippen molar-refractivity contribution in [3.8, 4) is 0 Å². The molecule has 6 atom stereocenters. The van der Waals surface area contributed by atoms with Crippen molar-refractivity contribution in [2.24, 2.45) is 11.8 Å². The SMILES string of the molecule is CCCCCCCCCCCCCCCCCCCC(=O)OC[C@H](COP(=O)(O)OC[C@@H](O)COP(=O)(O)OC[C@@H](COC(=O)CCCCCCCCCC)OC(=O)CCCCCCCCCC(C)C)OC(=O)CCCCCCCCCCCCCCCCCCCCC(C)CC. The fraction of sp³-hybridized carbons (Fsp3) is 0.949. The molecule has 17 nitrogen and oxygen atoms in total. The van der Waals surface area contributed by atoms with Crippen LogP contribution in [0.25, 0.3) is 0 Å². The molecule has 0 spiro atoms. The number of carbonyl (C=O) groups excluding carboxylic acids is 4. The maximum Gasteiger partial charge on any atom is 0.472 e. The van der Waals surface area contributed by atoms with Gasteiger partial charge in [-0.3, -0.25) is 37.3 Å². The first-order chi connectivity index (χ1) is 46.9. The van der Waals surface area contributed by atoms with Crippen molar-refractivity contribution in [2.75, 3.05) is 39.6 Å². The van der Waals surface area contributed by atoms with E-state index in [-0.39, 0.29) is 25.7 Å². The molecule has 0 aliphatic heterocycles. The predicted octanol–water partition coefficient (Wildman–Crippen LogP) is 23.1. The molecule has 0 saturated carbocycles. The summed E-state index contributed by atoms with van der Waals surface area (Å²) >= 11 is 0. The Balaban J connectivity index is 5.16. The van der Waals surface area contributed by atoms with Crippen molar-refractivity contribution in [3.63, 3.8) is 0 Å².